The lowest BCUT2D eigenvalue weighted by atomic mass is 10.1. The lowest BCUT2D eigenvalue weighted by Crippen LogP contribution is -2.33. The molecule has 1 atom stereocenters. The van der Waals surface area contributed by atoms with E-state index in [-0.39, 0.29) is 6.03 Å². The molecule has 0 bridgehead atoms. The van der Waals surface area contributed by atoms with E-state index in [0.717, 1.165) is 26.1 Å². The molecule has 16 heavy (non-hydrogen) atoms. The van der Waals surface area contributed by atoms with Crippen LogP contribution in [0.15, 0.2) is 24.5 Å². The lowest BCUT2D eigenvalue weighted by Gasteiger charge is -2.10. The van der Waals surface area contributed by atoms with Gasteiger partial charge in [0, 0.05) is 12.7 Å². The van der Waals surface area contributed by atoms with Crippen LogP contribution >= 0.6 is 0 Å². The number of anilines is 1. The molecule has 2 amide bonds. The highest BCUT2D eigenvalue weighted by molar-refractivity contribution is 5.88. The molecule has 1 unspecified atom stereocenters. The fraction of sp³-hybridized carbons (Fsp3) is 0.455. The first-order valence-corrected chi connectivity index (χ1v) is 5.50. The molecule has 0 spiro atoms. The molecule has 5 nitrogen and oxygen atoms in total. The van der Waals surface area contributed by atoms with Gasteiger partial charge in [-0.2, -0.15) is 0 Å². The van der Waals surface area contributed by atoms with Gasteiger partial charge in [-0.25, -0.2) is 4.79 Å². The van der Waals surface area contributed by atoms with Gasteiger partial charge in [0.05, 0.1) is 11.9 Å². The van der Waals surface area contributed by atoms with E-state index in [1.807, 2.05) is 6.07 Å². The summed E-state index contributed by atoms with van der Waals surface area (Å²) in [6.45, 7) is 2.77. The number of nitrogens with zero attached hydrogens (tertiary/aromatic N) is 1. The van der Waals surface area contributed by atoms with Crippen LogP contribution in [0.5, 0.6) is 0 Å². The maximum absolute atomic E-state index is 11.5. The summed E-state index contributed by atoms with van der Waals surface area (Å²) >= 11 is 0. The average Bonchev–Trinajstić information content (AvgIpc) is 2.81. The molecule has 5 heteroatoms. The summed E-state index contributed by atoms with van der Waals surface area (Å²) in [7, 11) is 0. The first-order chi connectivity index (χ1) is 7.84. The normalized spacial score (nSPS) is 19.4. The number of hydrogen-bond acceptors (Lipinski definition) is 3. The number of nitrogens with one attached hydrogen (secondary N) is 3. The van der Waals surface area contributed by atoms with E-state index in [9.17, 15) is 4.79 Å². The van der Waals surface area contributed by atoms with Crippen LogP contribution in [0.2, 0.25) is 0 Å². The summed E-state index contributed by atoms with van der Waals surface area (Å²) in [5.74, 6) is 0.555. The van der Waals surface area contributed by atoms with Crippen molar-refractivity contribution >= 4 is 11.7 Å². The molecule has 2 rings (SSSR count). The summed E-state index contributed by atoms with van der Waals surface area (Å²) in [4.78, 5) is 15.4. The average molecular weight is 220 g/mol. The topological polar surface area (TPSA) is 66.1 Å². The Morgan fingerprint density at radius 1 is 1.62 bits per heavy atom. The summed E-state index contributed by atoms with van der Waals surface area (Å²) < 4.78 is 0. The molecule has 1 fully saturated rings. The third-order valence-electron chi connectivity index (χ3n) is 2.63. The second kappa shape index (κ2) is 5.46. The maximum atomic E-state index is 11.5. The van der Waals surface area contributed by atoms with Crippen LogP contribution in [0, 0.1) is 5.92 Å². The second-order valence-corrected chi connectivity index (χ2v) is 3.94. The number of pyridine rings is 1. The Hall–Kier alpha value is -1.62. The van der Waals surface area contributed by atoms with Crippen LogP contribution < -0.4 is 16.0 Å². The molecule has 0 saturated carbocycles. The van der Waals surface area contributed by atoms with E-state index in [2.05, 4.69) is 20.9 Å². The fourth-order valence-corrected chi connectivity index (χ4v) is 1.74. The summed E-state index contributed by atoms with van der Waals surface area (Å²) in [6, 6.07) is 3.43. The molecule has 0 aliphatic carbocycles. The van der Waals surface area contributed by atoms with Gasteiger partial charge in [0.2, 0.25) is 0 Å². The highest BCUT2D eigenvalue weighted by atomic mass is 16.2. The molecule has 1 saturated heterocycles. The van der Waals surface area contributed by atoms with Gasteiger partial charge in [-0.15, -0.1) is 0 Å². The van der Waals surface area contributed by atoms with E-state index < -0.39 is 0 Å². The molecule has 3 N–H and O–H groups in total. The monoisotopic (exact) mass is 220 g/mol. The van der Waals surface area contributed by atoms with Crippen molar-refractivity contribution < 1.29 is 4.79 Å². The zero-order valence-electron chi connectivity index (χ0n) is 9.07. The van der Waals surface area contributed by atoms with Gasteiger partial charge in [-0.1, -0.05) is 0 Å². The van der Waals surface area contributed by atoms with Crippen molar-refractivity contribution in [1.82, 2.24) is 15.6 Å². The summed E-state index contributed by atoms with van der Waals surface area (Å²) in [5, 5.41) is 8.85. The predicted molar refractivity (Wildman–Crippen MR) is 62.2 cm³/mol. The molecule has 1 aromatic rings. The quantitative estimate of drug-likeness (QED) is 0.706. The number of rotatable bonds is 3. The lowest BCUT2D eigenvalue weighted by molar-refractivity contribution is 0.250. The van der Waals surface area contributed by atoms with E-state index in [4.69, 9.17) is 0 Å². The van der Waals surface area contributed by atoms with Gasteiger partial charge in [0.1, 0.15) is 0 Å². The largest absolute Gasteiger partial charge is 0.338 e. The third-order valence-corrected chi connectivity index (χ3v) is 2.63. The van der Waals surface area contributed by atoms with Crippen LogP contribution in [-0.2, 0) is 0 Å². The first-order valence-electron chi connectivity index (χ1n) is 5.50. The van der Waals surface area contributed by atoms with Crippen LogP contribution in [0.1, 0.15) is 6.42 Å². The Bertz CT molecular complexity index is 335. The third kappa shape index (κ3) is 3.20. The standard InChI is InChI=1S/C11H16N4O/c16-11(14-7-9-3-5-13-6-9)15-10-2-1-4-12-8-10/h1-2,4,8-9,13H,3,5-7H2,(H2,14,15,16). The molecule has 0 radical (unpaired) electrons. The smallest absolute Gasteiger partial charge is 0.319 e. The molecule has 1 aliphatic rings. The molecular formula is C11H16N4O. The second-order valence-electron chi connectivity index (χ2n) is 3.94. The van der Waals surface area contributed by atoms with Crippen molar-refractivity contribution in [3.05, 3.63) is 24.5 Å². The first kappa shape index (κ1) is 10.9. The van der Waals surface area contributed by atoms with E-state index in [0.29, 0.717) is 11.6 Å². The van der Waals surface area contributed by atoms with Crippen LogP contribution in [0.3, 0.4) is 0 Å². The van der Waals surface area contributed by atoms with Gasteiger partial charge < -0.3 is 16.0 Å². The Labute approximate surface area is 94.6 Å². The van der Waals surface area contributed by atoms with Gasteiger partial charge in [-0.05, 0) is 37.6 Å². The van der Waals surface area contributed by atoms with E-state index in [1.54, 1.807) is 18.5 Å². The minimum absolute atomic E-state index is 0.167. The number of urea groups is 1. The zero-order valence-corrected chi connectivity index (χ0v) is 9.07. The Morgan fingerprint density at radius 3 is 3.25 bits per heavy atom. The summed E-state index contributed by atoms with van der Waals surface area (Å²) in [6.07, 6.45) is 4.43. The van der Waals surface area contributed by atoms with Gasteiger partial charge in [0.25, 0.3) is 0 Å². The Balaban J connectivity index is 1.72. The predicted octanol–water partition coefficient (Wildman–Crippen LogP) is 0.813. The van der Waals surface area contributed by atoms with E-state index in [1.165, 1.54) is 0 Å². The minimum Gasteiger partial charge on any atom is -0.338 e. The van der Waals surface area contributed by atoms with Crippen molar-refractivity contribution in [1.29, 1.82) is 0 Å². The Morgan fingerprint density at radius 2 is 2.56 bits per heavy atom. The SMILES string of the molecule is O=C(NCC1CCNC1)Nc1cccnc1. The number of carbonyl (C=O) groups is 1. The van der Waals surface area contributed by atoms with Crippen molar-refractivity contribution in [2.24, 2.45) is 5.92 Å². The summed E-state index contributed by atoms with van der Waals surface area (Å²) in [5.41, 5.74) is 0.713. The van der Waals surface area contributed by atoms with Crippen molar-refractivity contribution in [3.8, 4) is 0 Å². The number of amides is 2. The zero-order chi connectivity index (χ0) is 11.2. The van der Waals surface area contributed by atoms with Crippen LogP contribution in [-0.4, -0.2) is 30.6 Å². The molecule has 1 aliphatic heterocycles. The molecule has 1 aromatic heterocycles. The molecule has 2 heterocycles. The molecule has 0 aromatic carbocycles. The van der Waals surface area contributed by atoms with Crippen LogP contribution in [0.4, 0.5) is 10.5 Å². The van der Waals surface area contributed by atoms with Crippen molar-refractivity contribution in [3.63, 3.8) is 0 Å². The number of carbonyl (C=O) groups excluding carboxylic acids is 1. The highest BCUT2D eigenvalue weighted by Gasteiger charge is 2.14. The van der Waals surface area contributed by atoms with E-state index >= 15 is 0 Å². The highest BCUT2D eigenvalue weighted by Crippen LogP contribution is 2.06. The fourth-order valence-electron chi connectivity index (χ4n) is 1.74. The van der Waals surface area contributed by atoms with Crippen molar-refractivity contribution in [2.45, 2.75) is 6.42 Å². The van der Waals surface area contributed by atoms with Gasteiger partial charge >= 0.3 is 6.03 Å². The number of aromatic nitrogens is 1. The maximum Gasteiger partial charge on any atom is 0.319 e. The Kier molecular flexibility index (Phi) is 3.71. The molecule has 86 valence electrons. The van der Waals surface area contributed by atoms with Crippen molar-refractivity contribution in [2.75, 3.05) is 25.0 Å². The van der Waals surface area contributed by atoms with Crippen LogP contribution in [0.25, 0.3) is 0 Å². The van der Waals surface area contributed by atoms with Gasteiger partial charge in [-0.3, -0.25) is 4.98 Å². The molecular weight excluding hydrogens is 204 g/mol. The number of hydrogen-bond donors (Lipinski definition) is 3. The van der Waals surface area contributed by atoms with Gasteiger partial charge in [0.15, 0.2) is 0 Å². The minimum atomic E-state index is -0.167.